The minimum absolute atomic E-state index is 0. The number of sulfonamides is 1. The van der Waals surface area contributed by atoms with Crippen molar-refractivity contribution >= 4 is 28.3 Å². The van der Waals surface area contributed by atoms with Crippen LogP contribution in [0.15, 0.2) is 17.2 Å². The SMILES string of the molecule is Cl.Cn1cc(S(=O)(=O)NCC2CCCN2)cc1C(N)=O. The Labute approximate surface area is 124 Å². The Bertz CT molecular complexity index is 578. The lowest BCUT2D eigenvalue weighted by Gasteiger charge is -2.10. The van der Waals surface area contributed by atoms with Gasteiger partial charge in [0.05, 0.1) is 0 Å². The zero-order valence-electron chi connectivity index (χ0n) is 11.1. The molecule has 114 valence electrons. The molecule has 1 aromatic heterocycles. The number of amides is 1. The Morgan fingerprint density at radius 1 is 1.60 bits per heavy atom. The third-order valence-corrected chi connectivity index (χ3v) is 4.62. The zero-order valence-corrected chi connectivity index (χ0v) is 12.8. The molecule has 1 unspecified atom stereocenters. The van der Waals surface area contributed by atoms with Crippen LogP contribution in [0.1, 0.15) is 23.3 Å². The fraction of sp³-hybridized carbons (Fsp3) is 0.545. The molecule has 1 atom stereocenters. The maximum Gasteiger partial charge on any atom is 0.265 e. The van der Waals surface area contributed by atoms with Gasteiger partial charge in [0.15, 0.2) is 0 Å². The van der Waals surface area contributed by atoms with Gasteiger partial charge >= 0.3 is 0 Å². The topological polar surface area (TPSA) is 106 Å². The third kappa shape index (κ3) is 3.72. The van der Waals surface area contributed by atoms with Crippen LogP contribution in [-0.4, -0.2) is 38.0 Å². The highest BCUT2D eigenvalue weighted by atomic mass is 35.5. The van der Waals surface area contributed by atoms with Gasteiger partial charge in [-0.05, 0) is 25.5 Å². The summed E-state index contributed by atoms with van der Waals surface area (Å²) in [6.07, 6.45) is 3.40. The van der Waals surface area contributed by atoms with Crippen LogP contribution < -0.4 is 15.8 Å². The van der Waals surface area contributed by atoms with Crippen molar-refractivity contribution in [2.45, 2.75) is 23.8 Å². The number of aromatic nitrogens is 1. The monoisotopic (exact) mass is 322 g/mol. The summed E-state index contributed by atoms with van der Waals surface area (Å²) in [7, 11) is -2.02. The van der Waals surface area contributed by atoms with Crippen LogP contribution in [0.5, 0.6) is 0 Å². The average Bonchev–Trinajstić information content (AvgIpc) is 2.95. The minimum atomic E-state index is -3.60. The van der Waals surface area contributed by atoms with Gasteiger partial charge in [0.2, 0.25) is 10.0 Å². The molecule has 1 amide bonds. The molecule has 0 bridgehead atoms. The lowest BCUT2D eigenvalue weighted by molar-refractivity contribution is 0.0992. The van der Waals surface area contributed by atoms with Crippen molar-refractivity contribution in [2.24, 2.45) is 12.8 Å². The van der Waals surface area contributed by atoms with Crippen LogP contribution in [-0.2, 0) is 17.1 Å². The number of nitrogens with one attached hydrogen (secondary N) is 2. The maximum absolute atomic E-state index is 12.1. The summed E-state index contributed by atoms with van der Waals surface area (Å²) in [6, 6.07) is 1.46. The number of carbonyl (C=O) groups excluding carboxylic acids is 1. The quantitative estimate of drug-likeness (QED) is 0.684. The molecule has 1 aliphatic rings. The first-order valence-corrected chi connectivity index (χ1v) is 7.57. The van der Waals surface area contributed by atoms with Crippen LogP contribution in [0.25, 0.3) is 0 Å². The first-order chi connectivity index (χ1) is 8.90. The number of primary amides is 1. The second kappa shape index (κ2) is 6.57. The van der Waals surface area contributed by atoms with Crippen LogP contribution in [0.4, 0.5) is 0 Å². The second-order valence-electron chi connectivity index (χ2n) is 4.68. The van der Waals surface area contributed by atoms with Gasteiger partial charge in [-0.1, -0.05) is 0 Å². The van der Waals surface area contributed by atoms with E-state index in [0.717, 1.165) is 19.4 Å². The Kier molecular flexibility index (Phi) is 5.58. The fourth-order valence-corrected chi connectivity index (χ4v) is 3.30. The molecular weight excluding hydrogens is 304 g/mol. The zero-order chi connectivity index (χ0) is 14.0. The molecule has 1 aliphatic heterocycles. The summed E-state index contributed by atoms with van der Waals surface area (Å²) in [6.45, 7) is 1.27. The van der Waals surface area contributed by atoms with Crippen molar-refractivity contribution in [3.05, 3.63) is 18.0 Å². The van der Waals surface area contributed by atoms with Crippen LogP contribution in [0.3, 0.4) is 0 Å². The molecule has 2 heterocycles. The number of aryl methyl sites for hydroxylation is 1. The molecule has 7 nitrogen and oxygen atoms in total. The summed E-state index contributed by atoms with van der Waals surface area (Å²) < 4.78 is 28.1. The maximum atomic E-state index is 12.1. The normalized spacial score (nSPS) is 18.8. The first kappa shape index (κ1) is 17.0. The highest BCUT2D eigenvalue weighted by Gasteiger charge is 2.22. The average molecular weight is 323 g/mol. The van der Waals surface area contributed by atoms with Crippen molar-refractivity contribution in [2.75, 3.05) is 13.1 Å². The number of halogens is 1. The number of rotatable bonds is 5. The Balaban J connectivity index is 0.00000200. The molecule has 0 spiro atoms. The summed E-state index contributed by atoms with van der Waals surface area (Å²) in [4.78, 5) is 11.2. The summed E-state index contributed by atoms with van der Waals surface area (Å²) in [5.74, 6) is -0.651. The van der Waals surface area contributed by atoms with Gasteiger partial charge in [-0.15, -0.1) is 12.4 Å². The van der Waals surface area contributed by atoms with E-state index in [1.54, 1.807) is 7.05 Å². The Morgan fingerprint density at radius 3 is 2.80 bits per heavy atom. The number of hydrogen-bond acceptors (Lipinski definition) is 4. The van der Waals surface area contributed by atoms with Crippen molar-refractivity contribution < 1.29 is 13.2 Å². The molecule has 0 aromatic carbocycles. The van der Waals surface area contributed by atoms with E-state index in [9.17, 15) is 13.2 Å². The summed E-state index contributed by atoms with van der Waals surface area (Å²) in [5, 5.41) is 3.21. The van der Waals surface area contributed by atoms with E-state index in [1.165, 1.54) is 16.8 Å². The molecule has 4 N–H and O–H groups in total. The van der Waals surface area contributed by atoms with E-state index in [0.29, 0.717) is 6.54 Å². The van der Waals surface area contributed by atoms with Gasteiger partial charge in [0, 0.05) is 25.8 Å². The van der Waals surface area contributed by atoms with E-state index >= 15 is 0 Å². The van der Waals surface area contributed by atoms with Gasteiger partial charge in [-0.2, -0.15) is 0 Å². The fourth-order valence-electron chi connectivity index (χ4n) is 2.15. The molecule has 2 rings (SSSR count). The molecule has 1 fully saturated rings. The number of nitrogens with two attached hydrogens (primary N) is 1. The smallest absolute Gasteiger partial charge is 0.265 e. The number of hydrogen-bond donors (Lipinski definition) is 3. The Morgan fingerprint density at radius 2 is 2.30 bits per heavy atom. The number of carbonyl (C=O) groups is 1. The van der Waals surface area contributed by atoms with Crippen molar-refractivity contribution in [1.82, 2.24) is 14.6 Å². The lowest BCUT2D eigenvalue weighted by atomic mass is 10.2. The van der Waals surface area contributed by atoms with E-state index in [4.69, 9.17) is 5.73 Å². The van der Waals surface area contributed by atoms with E-state index in [-0.39, 0.29) is 29.0 Å². The lowest BCUT2D eigenvalue weighted by Crippen LogP contribution is -2.37. The molecule has 20 heavy (non-hydrogen) atoms. The summed E-state index contributed by atoms with van der Waals surface area (Å²) in [5.41, 5.74) is 5.33. The second-order valence-corrected chi connectivity index (χ2v) is 6.45. The largest absolute Gasteiger partial charge is 0.364 e. The van der Waals surface area contributed by atoms with E-state index in [2.05, 4.69) is 10.0 Å². The predicted octanol–water partition coefficient (Wildman–Crippen LogP) is -0.424. The van der Waals surface area contributed by atoms with Crippen LogP contribution in [0, 0.1) is 0 Å². The van der Waals surface area contributed by atoms with E-state index in [1.807, 2.05) is 0 Å². The molecule has 0 aliphatic carbocycles. The van der Waals surface area contributed by atoms with Gasteiger partial charge in [-0.25, -0.2) is 13.1 Å². The highest BCUT2D eigenvalue weighted by molar-refractivity contribution is 7.89. The number of nitrogens with zero attached hydrogens (tertiary/aromatic N) is 1. The highest BCUT2D eigenvalue weighted by Crippen LogP contribution is 2.13. The van der Waals surface area contributed by atoms with Crippen LogP contribution in [0.2, 0.25) is 0 Å². The van der Waals surface area contributed by atoms with Gasteiger partial charge < -0.3 is 15.6 Å². The molecule has 1 saturated heterocycles. The van der Waals surface area contributed by atoms with Gasteiger partial charge in [0.1, 0.15) is 10.6 Å². The minimum Gasteiger partial charge on any atom is -0.364 e. The van der Waals surface area contributed by atoms with Crippen molar-refractivity contribution in [3.8, 4) is 0 Å². The molecule has 0 saturated carbocycles. The van der Waals surface area contributed by atoms with Crippen LogP contribution >= 0.6 is 12.4 Å². The van der Waals surface area contributed by atoms with Gasteiger partial charge in [0.25, 0.3) is 5.91 Å². The van der Waals surface area contributed by atoms with Gasteiger partial charge in [-0.3, -0.25) is 4.79 Å². The third-order valence-electron chi connectivity index (χ3n) is 3.22. The summed E-state index contributed by atoms with van der Waals surface area (Å²) >= 11 is 0. The molecule has 9 heteroatoms. The molecule has 1 aromatic rings. The van der Waals surface area contributed by atoms with E-state index < -0.39 is 15.9 Å². The van der Waals surface area contributed by atoms with Crippen molar-refractivity contribution in [1.29, 1.82) is 0 Å². The first-order valence-electron chi connectivity index (χ1n) is 6.09. The predicted molar refractivity (Wildman–Crippen MR) is 77.4 cm³/mol. The molecular formula is C11H19ClN4O3S. The van der Waals surface area contributed by atoms with Crippen molar-refractivity contribution in [3.63, 3.8) is 0 Å². The molecule has 0 radical (unpaired) electrons. The standard InChI is InChI=1S/C11H18N4O3S.ClH/c1-15-7-9(5-10(15)11(12)16)19(17,18)14-6-8-3-2-4-13-8;/h5,7-8,13-14H,2-4,6H2,1H3,(H2,12,16);1H. The Hall–Kier alpha value is -1.09.